The Hall–Kier alpha value is -9.97. The lowest BCUT2D eigenvalue weighted by molar-refractivity contribution is 0.662. The molecule has 0 fully saturated rings. The summed E-state index contributed by atoms with van der Waals surface area (Å²) < 4.78 is 10.1. The highest BCUT2D eigenvalue weighted by atomic mass is 15.1. The molecule has 0 saturated heterocycles. The molecule has 9 aromatic carbocycles. The number of fused-ring (bicyclic) bond motifs is 15. The van der Waals surface area contributed by atoms with Gasteiger partial charge in [0.15, 0.2) is 0 Å². The van der Waals surface area contributed by atoms with E-state index in [1.807, 2.05) is 0 Å². The van der Waals surface area contributed by atoms with Gasteiger partial charge >= 0.3 is 0 Å². The molecule has 14 aromatic rings. The molecule has 0 aliphatic heterocycles. The molecular formula is C73H49N5. The van der Waals surface area contributed by atoms with Crippen molar-refractivity contribution < 1.29 is 0 Å². The fraction of sp³-hybridized carbons (Fsp3) is 0.0548. The van der Waals surface area contributed by atoms with E-state index < -0.39 is 0 Å². The predicted octanol–water partition coefficient (Wildman–Crippen LogP) is 18.4. The Bertz CT molecular complexity index is 5000. The number of benzene rings is 9. The SMILES string of the molecule is C1=CC2C=CC(c3cc(-n4c5ccccc5c5ccc6c(c7ccccc7n6-c6cc(-n7c8c(c9ccccc97)C=CCC8)cc(-n7c8ccccc8c8ccccc87)c6)c54)cc(-c4ccc5ccccc5c4)n3)=CC2C=C1. The number of allylic oxidation sites excluding steroid dienone is 9. The maximum Gasteiger partial charge on any atom is 0.0730 e. The third-order valence-electron chi connectivity index (χ3n) is 17.1. The van der Waals surface area contributed by atoms with E-state index in [1.54, 1.807) is 0 Å². The van der Waals surface area contributed by atoms with Crippen LogP contribution in [-0.2, 0) is 6.42 Å². The van der Waals surface area contributed by atoms with Crippen molar-refractivity contribution in [2.45, 2.75) is 12.8 Å². The highest BCUT2D eigenvalue weighted by molar-refractivity contribution is 6.26. The van der Waals surface area contributed by atoms with E-state index in [4.69, 9.17) is 4.98 Å². The van der Waals surface area contributed by atoms with Crippen molar-refractivity contribution in [1.82, 2.24) is 23.3 Å². The maximum absolute atomic E-state index is 5.55. The van der Waals surface area contributed by atoms with Crippen LogP contribution in [0.1, 0.15) is 23.4 Å². The molecule has 3 aliphatic rings. The van der Waals surface area contributed by atoms with E-state index in [0.29, 0.717) is 5.92 Å². The van der Waals surface area contributed by atoms with Crippen molar-refractivity contribution in [1.29, 1.82) is 0 Å². The molecule has 2 unspecified atom stereocenters. The van der Waals surface area contributed by atoms with E-state index in [2.05, 4.69) is 279 Å². The summed E-state index contributed by atoms with van der Waals surface area (Å²) in [6.45, 7) is 0. The van der Waals surface area contributed by atoms with Crippen LogP contribution in [0.3, 0.4) is 0 Å². The molecule has 78 heavy (non-hydrogen) atoms. The second-order valence-corrected chi connectivity index (χ2v) is 21.4. The number of rotatable bonds is 6. The minimum absolute atomic E-state index is 0.274. The first-order chi connectivity index (χ1) is 38.7. The van der Waals surface area contributed by atoms with Crippen molar-refractivity contribution in [2.75, 3.05) is 0 Å². The van der Waals surface area contributed by atoms with Gasteiger partial charge in [0.1, 0.15) is 0 Å². The molecule has 5 aromatic heterocycles. The van der Waals surface area contributed by atoms with Gasteiger partial charge in [-0.3, -0.25) is 0 Å². The summed E-state index contributed by atoms with van der Waals surface area (Å²) in [6, 6.07) is 76.7. The molecule has 0 spiro atoms. The molecule has 0 radical (unpaired) electrons. The van der Waals surface area contributed by atoms with Gasteiger partial charge < -0.3 is 18.3 Å². The summed E-state index contributed by atoms with van der Waals surface area (Å²) in [6.07, 6.45) is 22.6. The lowest BCUT2D eigenvalue weighted by Crippen LogP contribution is -2.12. The van der Waals surface area contributed by atoms with Crippen LogP contribution in [-0.4, -0.2) is 23.3 Å². The van der Waals surface area contributed by atoms with Crippen LogP contribution in [0.4, 0.5) is 0 Å². The van der Waals surface area contributed by atoms with Crippen molar-refractivity contribution in [2.24, 2.45) is 11.8 Å². The number of pyridine rings is 1. The van der Waals surface area contributed by atoms with Gasteiger partial charge in [-0.2, -0.15) is 0 Å². The fourth-order valence-corrected chi connectivity index (χ4v) is 13.6. The van der Waals surface area contributed by atoms with Gasteiger partial charge in [-0.15, -0.1) is 0 Å². The van der Waals surface area contributed by atoms with Crippen LogP contribution in [0.5, 0.6) is 0 Å². The van der Waals surface area contributed by atoms with Crippen molar-refractivity contribution >= 4 is 98.7 Å². The Balaban J connectivity index is 0.966. The Morgan fingerprint density at radius 2 is 0.936 bits per heavy atom. The summed E-state index contributed by atoms with van der Waals surface area (Å²) in [5.41, 5.74) is 19.4. The smallest absolute Gasteiger partial charge is 0.0730 e. The second kappa shape index (κ2) is 16.8. The minimum atomic E-state index is 0.274. The summed E-state index contributed by atoms with van der Waals surface area (Å²) in [5.74, 6) is 0.616. The number of hydrogen-bond donors (Lipinski definition) is 0. The lowest BCUT2D eigenvalue weighted by Gasteiger charge is -2.23. The minimum Gasteiger partial charge on any atom is -0.313 e. The zero-order chi connectivity index (χ0) is 51.0. The number of para-hydroxylation sites is 5. The highest BCUT2D eigenvalue weighted by Gasteiger charge is 2.26. The Morgan fingerprint density at radius 1 is 0.385 bits per heavy atom. The topological polar surface area (TPSA) is 32.6 Å². The van der Waals surface area contributed by atoms with Gasteiger partial charge in [-0.1, -0.05) is 188 Å². The molecule has 3 aliphatic carbocycles. The van der Waals surface area contributed by atoms with Crippen LogP contribution in [0.25, 0.3) is 133 Å². The number of nitrogens with zero attached hydrogens (tertiary/aromatic N) is 5. The number of aromatic nitrogens is 5. The molecule has 0 bridgehead atoms. The fourth-order valence-electron chi connectivity index (χ4n) is 13.6. The summed E-state index contributed by atoms with van der Waals surface area (Å²) in [7, 11) is 0. The van der Waals surface area contributed by atoms with Crippen LogP contribution in [0, 0.1) is 11.8 Å². The maximum atomic E-state index is 5.55. The summed E-state index contributed by atoms with van der Waals surface area (Å²) in [4.78, 5) is 5.55. The molecule has 0 amide bonds. The molecule has 0 saturated carbocycles. The zero-order valence-corrected chi connectivity index (χ0v) is 42.6. The third kappa shape index (κ3) is 6.39. The van der Waals surface area contributed by atoms with E-state index in [9.17, 15) is 0 Å². The van der Waals surface area contributed by atoms with Gasteiger partial charge in [0, 0.05) is 66.4 Å². The van der Waals surface area contributed by atoms with Crippen LogP contribution in [0.15, 0.2) is 255 Å². The second-order valence-electron chi connectivity index (χ2n) is 21.4. The predicted molar refractivity (Wildman–Crippen MR) is 327 cm³/mol. The van der Waals surface area contributed by atoms with Gasteiger partial charge in [0.05, 0.1) is 72.8 Å². The molecule has 17 rings (SSSR count). The van der Waals surface area contributed by atoms with E-state index in [1.165, 1.54) is 81.8 Å². The van der Waals surface area contributed by atoms with Crippen molar-refractivity contribution in [3.05, 3.63) is 272 Å². The normalized spacial score (nSPS) is 16.0. The molecule has 5 nitrogen and oxygen atoms in total. The molecule has 5 heterocycles. The van der Waals surface area contributed by atoms with Gasteiger partial charge in [0.25, 0.3) is 0 Å². The zero-order valence-electron chi connectivity index (χ0n) is 42.6. The van der Waals surface area contributed by atoms with Gasteiger partial charge in [-0.25, -0.2) is 4.98 Å². The average molecular weight is 996 g/mol. The largest absolute Gasteiger partial charge is 0.313 e. The lowest BCUT2D eigenvalue weighted by atomic mass is 9.82. The number of hydrogen-bond acceptors (Lipinski definition) is 1. The first-order valence-corrected chi connectivity index (χ1v) is 27.3. The van der Waals surface area contributed by atoms with E-state index in [0.717, 1.165) is 74.7 Å². The van der Waals surface area contributed by atoms with Crippen LogP contribution in [0.2, 0.25) is 0 Å². The van der Waals surface area contributed by atoms with E-state index in [-0.39, 0.29) is 5.92 Å². The van der Waals surface area contributed by atoms with Gasteiger partial charge in [-0.05, 0) is 102 Å². The average Bonchev–Trinajstić information content (AvgIpc) is 4.37. The van der Waals surface area contributed by atoms with Gasteiger partial charge in [0.2, 0.25) is 0 Å². The molecular weight excluding hydrogens is 947 g/mol. The standard InChI is InChI=1S/C73H49N5/c1-3-19-48-39-50(35-33-46(48)17-1)63-44-55(45-64(74-63)51-36-34-47-18-2-4-20-49(47)40-51)78-69-31-15-9-25-60(69)61-37-38-71-72(73(61)78)62-26-10-16-32-70(62)77(71)54-42-52(75-65-27-11-5-21-56(65)57-22-6-12-28-66(57)75)41-53(43-54)76-67-29-13-7-23-58(67)59-24-8-14-30-68(59)76/h1-13,15-29,31-46,48H,14,30H2. The molecule has 5 heteroatoms. The van der Waals surface area contributed by atoms with E-state index >= 15 is 0 Å². The van der Waals surface area contributed by atoms with Crippen molar-refractivity contribution in [3.8, 4) is 34.0 Å². The van der Waals surface area contributed by atoms with Crippen molar-refractivity contribution in [3.63, 3.8) is 0 Å². The molecule has 366 valence electrons. The monoisotopic (exact) mass is 995 g/mol. The van der Waals surface area contributed by atoms with Crippen LogP contribution >= 0.6 is 0 Å². The third-order valence-corrected chi connectivity index (χ3v) is 17.1. The summed E-state index contributed by atoms with van der Waals surface area (Å²) >= 11 is 0. The quantitative estimate of drug-likeness (QED) is 0.163. The molecule has 2 atom stereocenters. The summed E-state index contributed by atoms with van der Waals surface area (Å²) in [5, 5.41) is 11.0. The van der Waals surface area contributed by atoms with Crippen LogP contribution < -0.4 is 0 Å². The first-order valence-electron chi connectivity index (χ1n) is 27.3. The molecule has 0 N–H and O–H groups in total. The Kier molecular flexibility index (Phi) is 9.30. The first kappa shape index (κ1) is 43.3. The Labute approximate surface area is 450 Å². The Morgan fingerprint density at radius 3 is 1.67 bits per heavy atom. The highest BCUT2D eigenvalue weighted by Crippen LogP contribution is 2.45.